The second-order valence-electron chi connectivity index (χ2n) is 6.57. The van der Waals surface area contributed by atoms with E-state index in [0.29, 0.717) is 12.2 Å². The summed E-state index contributed by atoms with van der Waals surface area (Å²) in [6.45, 7) is 9.01. The Kier molecular flexibility index (Phi) is 4.41. The minimum absolute atomic E-state index is 0.205. The minimum atomic E-state index is -0.205. The Bertz CT molecular complexity index is 445. The topological polar surface area (TPSA) is 20.3 Å². The molecule has 0 saturated carbocycles. The van der Waals surface area contributed by atoms with Crippen LogP contribution in [0.4, 0.5) is 0 Å². The standard InChI is InChI=1S/C17H25NO/c1-17(2,3)16(19)10-12-18-11-6-9-14-7-4-5-8-15(14)13-18/h4-5,7-8H,6,9-13H2,1-3H3. The van der Waals surface area contributed by atoms with Crippen LogP contribution in [0.3, 0.4) is 0 Å². The molecule has 1 aliphatic rings. The molecule has 0 aromatic heterocycles. The number of aryl methyl sites for hydroxylation is 1. The van der Waals surface area contributed by atoms with Gasteiger partial charge in [0.05, 0.1) is 0 Å². The predicted molar refractivity (Wildman–Crippen MR) is 79.1 cm³/mol. The lowest BCUT2D eigenvalue weighted by Crippen LogP contribution is -2.29. The zero-order valence-electron chi connectivity index (χ0n) is 12.4. The molecule has 1 aromatic carbocycles. The van der Waals surface area contributed by atoms with Crippen molar-refractivity contribution in [1.82, 2.24) is 4.90 Å². The molecule has 0 N–H and O–H groups in total. The van der Waals surface area contributed by atoms with Crippen molar-refractivity contribution in [3.63, 3.8) is 0 Å². The van der Waals surface area contributed by atoms with Gasteiger partial charge in [-0.15, -0.1) is 0 Å². The number of fused-ring (bicyclic) bond motifs is 1. The van der Waals surface area contributed by atoms with Gasteiger partial charge in [0.25, 0.3) is 0 Å². The number of rotatable bonds is 3. The number of ketones is 1. The van der Waals surface area contributed by atoms with Crippen molar-refractivity contribution < 1.29 is 4.79 Å². The van der Waals surface area contributed by atoms with E-state index >= 15 is 0 Å². The van der Waals surface area contributed by atoms with Gasteiger partial charge < -0.3 is 0 Å². The summed E-state index contributed by atoms with van der Waals surface area (Å²) in [5.74, 6) is 0.366. The summed E-state index contributed by atoms with van der Waals surface area (Å²) in [6.07, 6.45) is 3.03. The normalized spacial score (nSPS) is 16.8. The van der Waals surface area contributed by atoms with Crippen molar-refractivity contribution in [2.75, 3.05) is 13.1 Å². The van der Waals surface area contributed by atoms with E-state index in [2.05, 4.69) is 29.2 Å². The third-order valence-corrected chi connectivity index (χ3v) is 3.92. The molecule has 0 unspecified atom stereocenters. The number of carbonyl (C=O) groups is 1. The van der Waals surface area contributed by atoms with Crippen LogP contribution in [0, 0.1) is 5.41 Å². The highest BCUT2D eigenvalue weighted by Gasteiger charge is 2.22. The van der Waals surface area contributed by atoms with Crippen molar-refractivity contribution in [3.8, 4) is 0 Å². The summed E-state index contributed by atoms with van der Waals surface area (Å²) in [5, 5.41) is 0. The van der Waals surface area contributed by atoms with Gasteiger partial charge in [-0.05, 0) is 30.5 Å². The summed E-state index contributed by atoms with van der Waals surface area (Å²) in [6, 6.07) is 8.69. The molecule has 0 atom stereocenters. The highest BCUT2D eigenvalue weighted by atomic mass is 16.1. The van der Waals surface area contributed by atoms with Crippen LogP contribution in [-0.4, -0.2) is 23.8 Å². The van der Waals surface area contributed by atoms with Gasteiger partial charge in [-0.25, -0.2) is 0 Å². The highest BCUT2D eigenvalue weighted by molar-refractivity contribution is 5.83. The molecule has 104 valence electrons. The molecule has 1 heterocycles. The van der Waals surface area contributed by atoms with Crippen LogP contribution < -0.4 is 0 Å². The lowest BCUT2D eigenvalue weighted by Gasteiger charge is -2.23. The number of hydrogen-bond donors (Lipinski definition) is 0. The molecule has 0 fully saturated rings. The molecule has 2 heteroatoms. The fourth-order valence-corrected chi connectivity index (χ4v) is 2.59. The van der Waals surface area contributed by atoms with Crippen molar-refractivity contribution in [1.29, 1.82) is 0 Å². The lowest BCUT2D eigenvalue weighted by atomic mass is 9.89. The maximum atomic E-state index is 12.0. The largest absolute Gasteiger partial charge is 0.299 e. The number of carbonyl (C=O) groups excluding carboxylic acids is 1. The van der Waals surface area contributed by atoms with Gasteiger partial charge in [0.1, 0.15) is 5.78 Å². The van der Waals surface area contributed by atoms with Crippen molar-refractivity contribution >= 4 is 5.78 Å². The van der Waals surface area contributed by atoms with Crippen molar-refractivity contribution in [2.24, 2.45) is 5.41 Å². The molecule has 0 radical (unpaired) electrons. The summed E-state index contributed by atoms with van der Waals surface area (Å²) in [4.78, 5) is 14.4. The highest BCUT2D eigenvalue weighted by Crippen LogP contribution is 2.20. The molecule has 0 amide bonds. The van der Waals surface area contributed by atoms with Gasteiger partial charge >= 0.3 is 0 Å². The van der Waals surface area contributed by atoms with E-state index < -0.39 is 0 Å². The first-order valence-corrected chi connectivity index (χ1v) is 7.29. The summed E-state index contributed by atoms with van der Waals surface area (Å²) < 4.78 is 0. The average Bonchev–Trinajstić information content (AvgIpc) is 2.56. The molecular weight excluding hydrogens is 234 g/mol. The van der Waals surface area contributed by atoms with Crippen LogP contribution in [0.2, 0.25) is 0 Å². The SMILES string of the molecule is CC(C)(C)C(=O)CCN1CCCc2ccccc2C1. The summed E-state index contributed by atoms with van der Waals surface area (Å²) in [5.41, 5.74) is 2.71. The van der Waals surface area contributed by atoms with E-state index in [1.165, 1.54) is 24.0 Å². The van der Waals surface area contributed by atoms with E-state index in [0.717, 1.165) is 19.6 Å². The van der Waals surface area contributed by atoms with Gasteiger partial charge in [0.2, 0.25) is 0 Å². The maximum absolute atomic E-state index is 12.0. The number of nitrogens with zero attached hydrogens (tertiary/aromatic N) is 1. The molecule has 2 rings (SSSR count). The molecule has 2 nitrogen and oxygen atoms in total. The Hall–Kier alpha value is -1.15. The van der Waals surface area contributed by atoms with E-state index in [9.17, 15) is 4.79 Å². The minimum Gasteiger partial charge on any atom is -0.299 e. The zero-order valence-corrected chi connectivity index (χ0v) is 12.4. The van der Waals surface area contributed by atoms with Crippen LogP contribution in [0.1, 0.15) is 44.7 Å². The molecule has 1 aromatic rings. The Labute approximate surface area is 116 Å². The Morgan fingerprint density at radius 2 is 1.89 bits per heavy atom. The number of benzene rings is 1. The number of Topliss-reactive ketones (excluding diaryl/α,β-unsaturated/α-hetero) is 1. The van der Waals surface area contributed by atoms with Gasteiger partial charge in [-0.3, -0.25) is 9.69 Å². The average molecular weight is 259 g/mol. The summed E-state index contributed by atoms with van der Waals surface area (Å²) >= 11 is 0. The van der Waals surface area contributed by atoms with Crippen molar-refractivity contribution in [2.45, 2.75) is 46.6 Å². The first-order valence-electron chi connectivity index (χ1n) is 7.29. The fraction of sp³-hybridized carbons (Fsp3) is 0.588. The summed E-state index contributed by atoms with van der Waals surface area (Å²) in [7, 11) is 0. The van der Waals surface area contributed by atoms with E-state index in [1.807, 2.05) is 20.8 Å². The molecular formula is C17H25NO. The third-order valence-electron chi connectivity index (χ3n) is 3.92. The Morgan fingerprint density at radius 3 is 2.58 bits per heavy atom. The third kappa shape index (κ3) is 3.90. The van der Waals surface area contributed by atoms with E-state index in [1.54, 1.807) is 0 Å². The first kappa shape index (κ1) is 14.3. The second kappa shape index (κ2) is 5.87. The monoisotopic (exact) mass is 259 g/mol. The van der Waals surface area contributed by atoms with Crippen LogP contribution in [0.15, 0.2) is 24.3 Å². The van der Waals surface area contributed by atoms with Gasteiger partial charge in [-0.2, -0.15) is 0 Å². The smallest absolute Gasteiger partial charge is 0.139 e. The molecule has 0 aliphatic carbocycles. The predicted octanol–water partition coefficient (Wildman–Crippen LogP) is 3.44. The van der Waals surface area contributed by atoms with Crippen LogP contribution in [0.5, 0.6) is 0 Å². The Balaban J connectivity index is 1.94. The fourth-order valence-electron chi connectivity index (χ4n) is 2.59. The molecule has 0 spiro atoms. The maximum Gasteiger partial charge on any atom is 0.139 e. The van der Waals surface area contributed by atoms with Crippen LogP contribution >= 0.6 is 0 Å². The van der Waals surface area contributed by atoms with Crippen molar-refractivity contribution in [3.05, 3.63) is 35.4 Å². The molecule has 0 saturated heterocycles. The second-order valence-corrected chi connectivity index (χ2v) is 6.57. The number of hydrogen-bond acceptors (Lipinski definition) is 2. The van der Waals surface area contributed by atoms with E-state index in [4.69, 9.17) is 0 Å². The van der Waals surface area contributed by atoms with Gasteiger partial charge in [0, 0.05) is 24.9 Å². The van der Waals surface area contributed by atoms with E-state index in [-0.39, 0.29) is 5.41 Å². The van der Waals surface area contributed by atoms with Crippen LogP contribution in [-0.2, 0) is 17.8 Å². The zero-order chi connectivity index (χ0) is 13.9. The lowest BCUT2D eigenvalue weighted by molar-refractivity contribution is -0.126. The molecule has 1 aliphatic heterocycles. The van der Waals surface area contributed by atoms with Gasteiger partial charge in [0.15, 0.2) is 0 Å². The van der Waals surface area contributed by atoms with Gasteiger partial charge in [-0.1, -0.05) is 45.0 Å². The molecule has 19 heavy (non-hydrogen) atoms. The molecule has 0 bridgehead atoms. The quantitative estimate of drug-likeness (QED) is 0.828. The first-order chi connectivity index (χ1) is 8.97. The Morgan fingerprint density at radius 1 is 1.21 bits per heavy atom. The van der Waals surface area contributed by atoms with Crippen LogP contribution in [0.25, 0.3) is 0 Å².